The van der Waals surface area contributed by atoms with E-state index in [1.807, 2.05) is 0 Å². The van der Waals surface area contributed by atoms with Crippen molar-refractivity contribution in [2.45, 2.75) is 13.3 Å². The number of hydrogen-bond donors (Lipinski definition) is 3. The number of halogens is 1. The van der Waals surface area contributed by atoms with Gasteiger partial charge < -0.3 is 16.2 Å². The van der Waals surface area contributed by atoms with Crippen LogP contribution in [0.1, 0.15) is 23.7 Å². The van der Waals surface area contributed by atoms with E-state index in [4.69, 9.17) is 10.8 Å². The van der Waals surface area contributed by atoms with Crippen LogP contribution in [0.15, 0.2) is 12.1 Å². The lowest BCUT2D eigenvalue weighted by Gasteiger charge is -2.10. The van der Waals surface area contributed by atoms with Crippen LogP contribution >= 0.6 is 0 Å². The summed E-state index contributed by atoms with van der Waals surface area (Å²) in [7, 11) is 0. The van der Waals surface area contributed by atoms with Crippen LogP contribution in [-0.4, -0.2) is 17.6 Å². The van der Waals surface area contributed by atoms with Gasteiger partial charge in [-0.25, -0.2) is 9.18 Å². The van der Waals surface area contributed by atoms with E-state index in [2.05, 4.69) is 17.2 Å². The van der Waals surface area contributed by atoms with Gasteiger partial charge in [0.1, 0.15) is 11.4 Å². The van der Waals surface area contributed by atoms with E-state index in [1.54, 1.807) is 6.92 Å². The number of hydrogen-bond acceptors (Lipinski definition) is 3. The van der Waals surface area contributed by atoms with Gasteiger partial charge in [-0.2, -0.15) is 0 Å². The zero-order valence-electron chi connectivity index (χ0n) is 9.38. The van der Waals surface area contributed by atoms with Crippen molar-refractivity contribution < 1.29 is 14.3 Å². The molecule has 1 aromatic rings. The average molecular weight is 236 g/mol. The molecule has 0 aliphatic rings. The summed E-state index contributed by atoms with van der Waals surface area (Å²) in [6, 6.07) is 2.49. The number of aromatic carboxylic acids is 1. The molecule has 4 nitrogen and oxygen atoms in total. The second-order valence-electron chi connectivity index (χ2n) is 3.29. The number of rotatable bonds is 4. The maximum absolute atomic E-state index is 13.1. The largest absolute Gasteiger partial charge is 0.478 e. The zero-order chi connectivity index (χ0) is 12.8. The molecule has 0 aliphatic carbocycles. The highest BCUT2D eigenvalue weighted by Gasteiger charge is 2.16. The van der Waals surface area contributed by atoms with Gasteiger partial charge in [-0.05, 0) is 19.1 Å². The lowest BCUT2D eigenvalue weighted by molar-refractivity contribution is 0.0698. The first-order valence-electron chi connectivity index (χ1n) is 5.02. The van der Waals surface area contributed by atoms with E-state index >= 15 is 0 Å². The van der Waals surface area contributed by atoms with Crippen LogP contribution in [0.25, 0.3) is 0 Å². The number of nitrogens with two attached hydrogens (primary N) is 1. The molecule has 0 atom stereocenters. The predicted molar refractivity (Wildman–Crippen MR) is 64.3 cm³/mol. The topological polar surface area (TPSA) is 75.3 Å². The van der Waals surface area contributed by atoms with Gasteiger partial charge in [0.15, 0.2) is 0 Å². The number of nitrogens with one attached hydrogen (secondary N) is 1. The molecule has 0 radical (unpaired) electrons. The normalized spacial score (nSPS) is 9.29. The quantitative estimate of drug-likeness (QED) is 0.424. The lowest BCUT2D eigenvalue weighted by Crippen LogP contribution is -2.11. The van der Waals surface area contributed by atoms with E-state index in [1.165, 1.54) is 6.07 Å². The molecular weight excluding hydrogens is 223 g/mol. The molecule has 0 unspecified atom stereocenters. The molecule has 4 N–H and O–H groups in total. The van der Waals surface area contributed by atoms with E-state index in [0.29, 0.717) is 18.7 Å². The van der Waals surface area contributed by atoms with Gasteiger partial charge in [0.25, 0.3) is 0 Å². The van der Waals surface area contributed by atoms with Crippen LogP contribution in [0.3, 0.4) is 0 Å². The molecule has 0 heterocycles. The third-order valence-corrected chi connectivity index (χ3v) is 2.15. The third-order valence-electron chi connectivity index (χ3n) is 2.15. The highest BCUT2D eigenvalue weighted by atomic mass is 19.1. The maximum atomic E-state index is 13.1. The molecular formula is C12H13FN2O2. The average Bonchev–Trinajstić information content (AvgIpc) is 2.28. The molecule has 0 saturated carbocycles. The Bertz CT molecular complexity index is 489. The third kappa shape index (κ3) is 3.11. The Labute approximate surface area is 98.6 Å². The van der Waals surface area contributed by atoms with Crippen LogP contribution < -0.4 is 11.1 Å². The molecule has 17 heavy (non-hydrogen) atoms. The monoisotopic (exact) mass is 236 g/mol. The summed E-state index contributed by atoms with van der Waals surface area (Å²) < 4.78 is 13.1. The summed E-state index contributed by atoms with van der Waals surface area (Å²) in [5.74, 6) is 3.56. The molecule has 90 valence electrons. The van der Waals surface area contributed by atoms with Crippen LogP contribution in [0.4, 0.5) is 15.8 Å². The number of nitrogen functional groups attached to an aromatic ring is 1. The van der Waals surface area contributed by atoms with Crippen molar-refractivity contribution in [3.63, 3.8) is 0 Å². The van der Waals surface area contributed by atoms with Crippen molar-refractivity contribution in [1.82, 2.24) is 0 Å². The van der Waals surface area contributed by atoms with E-state index in [-0.39, 0.29) is 11.3 Å². The highest BCUT2D eigenvalue weighted by molar-refractivity contribution is 6.00. The molecule has 1 rings (SSSR count). The fourth-order valence-corrected chi connectivity index (χ4v) is 1.36. The number of benzene rings is 1. The Morgan fingerprint density at radius 3 is 2.88 bits per heavy atom. The summed E-state index contributed by atoms with van der Waals surface area (Å²) in [4.78, 5) is 11.0. The fourth-order valence-electron chi connectivity index (χ4n) is 1.36. The Morgan fingerprint density at radius 2 is 2.29 bits per heavy atom. The number of carboxylic acid groups (broad SMARTS) is 1. The predicted octanol–water partition coefficient (Wildman–Crippen LogP) is 1.93. The van der Waals surface area contributed by atoms with Crippen LogP contribution in [0.2, 0.25) is 0 Å². The minimum Gasteiger partial charge on any atom is -0.478 e. The second-order valence-corrected chi connectivity index (χ2v) is 3.29. The zero-order valence-corrected chi connectivity index (χ0v) is 9.38. The van der Waals surface area contributed by atoms with Crippen molar-refractivity contribution in [2.24, 2.45) is 0 Å². The van der Waals surface area contributed by atoms with Crippen molar-refractivity contribution in [2.75, 3.05) is 17.6 Å². The molecule has 1 aromatic carbocycles. The number of anilines is 2. The molecule has 0 aromatic heterocycles. The molecule has 0 spiro atoms. The molecule has 0 fully saturated rings. The van der Waals surface area contributed by atoms with Gasteiger partial charge >= 0.3 is 5.97 Å². The van der Waals surface area contributed by atoms with Crippen LogP contribution in [-0.2, 0) is 0 Å². The standard InChI is InChI=1S/C12H13FN2O2/c1-2-3-4-7-15-9-6-5-8(13)11(14)10(9)12(16)17/h5-6,15H,4,7,14H2,1H3,(H,16,17). The van der Waals surface area contributed by atoms with Crippen molar-refractivity contribution in [3.8, 4) is 11.8 Å². The van der Waals surface area contributed by atoms with Crippen molar-refractivity contribution >= 4 is 17.3 Å². The Hall–Kier alpha value is -2.22. The smallest absolute Gasteiger partial charge is 0.340 e. The van der Waals surface area contributed by atoms with Crippen LogP contribution in [0, 0.1) is 17.7 Å². The first-order chi connectivity index (χ1) is 8.07. The second kappa shape index (κ2) is 5.75. The SMILES string of the molecule is CC#CCCNc1ccc(F)c(N)c1C(=O)O. The summed E-state index contributed by atoms with van der Waals surface area (Å²) in [6.07, 6.45) is 0.576. The molecule has 0 saturated heterocycles. The van der Waals surface area contributed by atoms with Crippen LogP contribution in [0.5, 0.6) is 0 Å². The van der Waals surface area contributed by atoms with Crippen molar-refractivity contribution in [3.05, 3.63) is 23.5 Å². The Kier molecular flexibility index (Phi) is 4.35. The van der Waals surface area contributed by atoms with Gasteiger partial charge in [0.05, 0.1) is 11.4 Å². The minimum absolute atomic E-state index is 0.241. The Morgan fingerprint density at radius 1 is 1.59 bits per heavy atom. The Balaban J connectivity index is 2.94. The van der Waals surface area contributed by atoms with Crippen molar-refractivity contribution in [1.29, 1.82) is 0 Å². The van der Waals surface area contributed by atoms with Gasteiger partial charge in [-0.15, -0.1) is 11.8 Å². The lowest BCUT2D eigenvalue weighted by atomic mass is 10.1. The van der Waals surface area contributed by atoms with Gasteiger partial charge in [-0.1, -0.05) is 0 Å². The number of carbonyl (C=O) groups is 1. The highest BCUT2D eigenvalue weighted by Crippen LogP contribution is 2.24. The van der Waals surface area contributed by atoms with E-state index < -0.39 is 11.8 Å². The molecule has 0 amide bonds. The summed E-state index contributed by atoms with van der Waals surface area (Å²) in [5.41, 5.74) is 5.09. The first kappa shape index (κ1) is 12.8. The first-order valence-corrected chi connectivity index (χ1v) is 5.02. The number of carboxylic acids is 1. The minimum atomic E-state index is -1.26. The van der Waals surface area contributed by atoms with Gasteiger partial charge in [0, 0.05) is 13.0 Å². The van der Waals surface area contributed by atoms with E-state index in [9.17, 15) is 9.18 Å². The molecule has 5 heteroatoms. The van der Waals surface area contributed by atoms with Gasteiger partial charge in [-0.3, -0.25) is 0 Å². The summed E-state index contributed by atoms with van der Waals surface area (Å²) >= 11 is 0. The fraction of sp³-hybridized carbons (Fsp3) is 0.250. The molecule has 0 bridgehead atoms. The summed E-state index contributed by atoms with van der Waals surface area (Å²) in [6.45, 7) is 2.20. The van der Waals surface area contributed by atoms with E-state index in [0.717, 1.165) is 6.07 Å². The maximum Gasteiger partial charge on any atom is 0.340 e. The van der Waals surface area contributed by atoms with Gasteiger partial charge in [0.2, 0.25) is 0 Å². The summed E-state index contributed by atoms with van der Waals surface area (Å²) in [5, 5.41) is 11.8. The molecule has 0 aliphatic heterocycles.